The van der Waals surface area contributed by atoms with Crippen molar-refractivity contribution in [2.45, 2.75) is 13.5 Å². The number of amides is 1. The van der Waals surface area contributed by atoms with Crippen LogP contribution >= 0.6 is 11.3 Å². The smallest absolute Gasteiger partial charge is 0.326 e. The number of aromatic nitrogens is 2. The number of carbonyl (C=O) groups is 2. The molecule has 4 rings (SSSR count). The first-order valence-electron chi connectivity index (χ1n) is 7.74. The summed E-state index contributed by atoms with van der Waals surface area (Å²) in [6.45, 7) is 2.05. The molecule has 1 aromatic carbocycles. The lowest BCUT2D eigenvalue weighted by atomic mass is 10.3. The molecule has 0 unspecified atom stereocenters. The molecule has 0 N–H and O–H groups in total. The molecule has 0 fully saturated rings. The number of hydrogen-bond acceptors (Lipinski definition) is 8. The maximum absolute atomic E-state index is 12.2. The lowest BCUT2D eigenvalue weighted by Crippen LogP contribution is -2.23. The van der Waals surface area contributed by atoms with E-state index in [9.17, 15) is 9.59 Å². The van der Waals surface area contributed by atoms with Crippen LogP contribution in [0.4, 0.5) is 0 Å². The molecule has 1 aliphatic rings. The Kier molecular flexibility index (Phi) is 4.17. The van der Waals surface area contributed by atoms with E-state index in [0.29, 0.717) is 21.8 Å². The Balaban J connectivity index is 1.85. The van der Waals surface area contributed by atoms with Gasteiger partial charge in [-0.15, -0.1) is 0 Å². The molecule has 9 nitrogen and oxygen atoms in total. The van der Waals surface area contributed by atoms with Crippen LogP contribution in [0.15, 0.2) is 33.9 Å². The van der Waals surface area contributed by atoms with Crippen molar-refractivity contribution < 1.29 is 28.3 Å². The van der Waals surface area contributed by atoms with Crippen molar-refractivity contribution in [2.75, 3.05) is 13.4 Å². The number of benzene rings is 1. The topological polar surface area (TPSA) is 105 Å². The first-order chi connectivity index (χ1) is 12.7. The second-order valence-corrected chi connectivity index (χ2v) is 6.25. The maximum atomic E-state index is 12.2. The molecule has 2 aromatic heterocycles. The van der Waals surface area contributed by atoms with Gasteiger partial charge in [-0.3, -0.25) is 9.59 Å². The molecule has 0 bridgehead atoms. The number of ether oxygens (including phenoxy) is 3. The fourth-order valence-corrected chi connectivity index (χ4v) is 3.54. The quantitative estimate of drug-likeness (QED) is 0.639. The summed E-state index contributed by atoms with van der Waals surface area (Å²) in [5.41, 5.74) is 0.691. The molecule has 0 aliphatic carbocycles. The third-order valence-corrected chi connectivity index (χ3v) is 4.66. The highest BCUT2D eigenvalue weighted by Gasteiger charge is 2.20. The van der Waals surface area contributed by atoms with Crippen LogP contribution in [0.3, 0.4) is 0 Å². The van der Waals surface area contributed by atoms with E-state index >= 15 is 0 Å². The van der Waals surface area contributed by atoms with Crippen LogP contribution in [-0.2, 0) is 16.1 Å². The summed E-state index contributed by atoms with van der Waals surface area (Å²) in [7, 11) is 0. The Morgan fingerprint density at radius 2 is 2.15 bits per heavy atom. The minimum atomic E-state index is -0.591. The highest BCUT2D eigenvalue weighted by Crippen LogP contribution is 2.37. The average molecular weight is 375 g/mol. The van der Waals surface area contributed by atoms with Crippen molar-refractivity contribution in [2.24, 2.45) is 4.99 Å². The number of hydrogen-bond donors (Lipinski definition) is 0. The molecule has 0 radical (unpaired) electrons. The summed E-state index contributed by atoms with van der Waals surface area (Å²) in [5.74, 6) is 0.167. The molecule has 0 atom stereocenters. The van der Waals surface area contributed by atoms with Crippen molar-refractivity contribution in [3.8, 4) is 11.5 Å². The zero-order chi connectivity index (χ0) is 18.1. The van der Waals surface area contributed by atoms with Gasteiger partial charge < -0.3 is 23.3 Å². The fourth-order valence-electron chi connectivity index (χ4n) is 2.50. The zero-order valence-corrected chi connectivity index (χ0v) is 14.4. The predicted molar refractivity (Wildman–Crippen MR) is 89.0 cm³/mol. The largest absolute Gasteiger partial charge is 0.465 e. The van der Waals surface area contributed by atoms with Crippen molar-refractivity contribution in [1.82, 2.24) is 9.72 Å². The van der Waals surface area contributed by atoms with E-state index in [0.717, 1.165) is 4.70 Å². The van der Waals surface area contributed by atoms with Gasteiger partial charge in [-0.05, 0) is 6.92 Å². The summed E-state index contributed by atoms with van der Waals surface area (Å²) >= 11 is 1.25. The number of esters is 1. The molecule has 0 saturated carbocycles. The summed E-state index contributed by atoms with van der Waals surface area (Å²) in [4.78, 5) is 28.7. The second-order valence-electron chi connectivity index (χ2n) is 5.24. The number of carbonyl (C=O) groups excluding carboxylic acids is 2. The van der Waals surface area contributed by atoms with E-state index in [1.54, 1.807) is 23.6 Å². The zero-order valence-electron chi connectivity index (χ0n) is 13.6. The van der Waals surface area contributed by atoms with Gasteiger partial charge in [-0.2, -0.15) is 4.99 Å². The Morgan fingerprint density at radius 3 is 2.88 bits per heavy atom. The number of thiazole rings is 1. The summed E-state index contributed by atoms with van der Waals surface area (Å²) in [6, 6.07) is 4.97. The minimum Gasteiger partial charge on any atom is -0.465 e. The lowest BCUT2D eigenvalue weighted by Gasteiger charge is -2.05. The molecule has 3 heterocycles. The molecule has 26 heavy (non-hydrogen) atoms. The summed E-state index contributed by atoms with van der Waals surface area (Å²) in [5, 5.41) is 3.50. The van der Waals surface area contributed by atoms with Crippen LogP contribution in [0, 0.1) is 0 Å². The molecule has 10 heteroatoms. The van der Waals surface area contributed by atoms with Crippen molar-refractivity contribution in [1.29, 1.82) is 0 Å². The molecule has 0 saturated heterocycles. The van der Waals surface area contributed by atoms with E-state index < -0.39 is 11.9 Å². The van der Waals surface area contributed by atoms with Crippen LogP contribution in [0.5, 0.6) is 11.5 Å². The van der Waals surface area contributed by atoms with Crippen molar-refractivity contribution in [3.63, 3.8) is 0 Å². The van der Waals surface area contributed by atoms with Gasteiger partial charge in [-0.1, -0.05) is 16.5 Å². The molecular formula is C16H13N3O6S. The van der Waals surface area contributed by atoms with Gasteiger partial charge >= 0.3 is 11.9 Å². The first kappa shape index (κ1) is 16.3. The lowest BCUT2D eigenvalue weighted by molar-refractivity contribution is -0.143. The van der Waals surface area contributed by atoms with Crippen LogP contribution < -0.4 is 14.3 Å². The van der Waals surface area contributed by atoms with Gasteiger partial charge in [0.05, 0.1) is 23.0 Å². The summed E-state index contributed by atoms with van der Waals surface area (Å²) in [6.07, 6.45) is 1.36. The van der Waals surface area contributed by atoms with Crippen molar-refractivity contribution in [3.05, 3.63) is 35.0 Å². The number of nitrogens with zero attached hydrogens (tertiary/aromatic N) is 3. The van der Waals surface area contributed by atoms with E-state index in [-0.39, 0.29) is 25.7 Å². The number of fused-ring (bicyclic) bond motifs is 2. The third kappa shape index (κ3) is 2.94. The van der Waals surface area contributed by atoms with E-state index in [1.165, 1.54) is 23.6 Å². The van der Waals surface area contributed by atoms with Gasteiger partial charge in [-0.25, -0.2) is 0 Å². The molecule has 134 valence electrons. The number of rotatable bonds is 4. The third-order valence-electron chi connectivity index (χ3n) is 3.62. The predicted octanol–water partition coefficient (Wildman–Crippen LogP) is 1.72. The Labute approximate surface area is 150 Å². The highest BCUT2D eigenvalue weighted by molar-refractivity contribution is 7.16. The van der Waals surface area contributed by atoms with Crippen molar-refractivity contribution >= 4 is 33.4 Å². The standard InChI is InChI=1S/C16H13N3O6S/c1-2-22-14(20)7-19-9-5-11-12(24-8-23-11)6-13(9)26-16(19)18-15(21)10-3-4-17-25-10/h3-6H,2,7-8H2,1H3. The SMILES string of the molecule is CCOC(=O)Cn1c(=NC(=O)c2ccno2)sc2cc3c(cc21)OCO3. The van der Waals surface area contributed by atoms with Gasteiger partial charge in [0.1, 0.15) is 6.54 Å². The molecular weight excluding hydrogens is 362 g/mol. The van der Waals surface area contributed by atoms with Gasteiger partial charge in [0.15, 0.2) is 16.3 Å². The van der Waals surface area contributed by atoms with Crippen LogP contribution in [0.1, 0.15) is 17.5 Å². The Morgan fingerprint density at radius 1 is 1.35 bits per heavy atom. The Bertz CT molecular complexity index is 1050. The first-order valence-corrected chi connectivity index (χ1v) is 8.55. The fraction of sp³-hybridized carbons (Fsp3) is 0.250. The average Bonchev–Trinajstić information content (AvgIpc) is 3.34. The second kappa shape index (κ2) is 6.64. The molecule has 0 spiro atoms. The van der Waals surface area contributed by atoms with Gasteiger partial charge in [0.2, 0.25) is 12.6 Å². The van der Waals surface area contributed by atoms with Crippen LogP contribution in [0.25, 0.3) is 10.2 Å². The summed E-state index contributed by atoms with van der Waals surface area (Å²) < 4.78 is 23.0. The Hall–Kier alpha value is -3.14. The molecule has 3 aromatic rings. The van der Waals surface area contributed by atoms with Crippen LogP contribution in [0.2, 0.25) is 0 Å². The normalized spacial score (nSPS) is 13.3. The molecule has 1 aliphatic heterocycles. The van der Waals surface area contributed by atoms with E-state index in [2.05, 4.69) is 10.1 Å². The molecule has 1 amide bonds. The maximum Gasteiger partial charge on any atom is 0.326 e. The minimum absolute atomic E-state index is 0.0132. The monoisotopic (exact) mass is 375 g/mol. The van der Waals surface area contributed by atoms with E-state index in [4.69, 9.17) is 18.7 Å². The van der Waals surface area contributed by atoms with E-state index in [1.807, 2.05) is 0 Å². The highest BCUT2D eigenvalue weighted by atomic mass is 32.1. The van der Waals surface area contributed by atoms with Gasteiger partial charge in [0, 0.05) is 18.2 Å². The van der Waals surface area contributed by atoms with Crippen LogP contribution in [-0.4, -0.2) is 35.0 Å². The van der Waals surface area contributed by atoms with Gasteiger partial charge in [0.25, 0.3) is 0 Å².